The molecule has 0 unspecified atom stereocenters. The number of amides is 1. The van der Waals surface area contributed by atoms with Gasteiger partial charge < -0.3 is 10.4 Å². The topological polar surface area (TPSA) is 79.3 Å². The first-order valence-electron chi connectivity index (χ1n) is 5.77. The van der Waals surface area contributed by atoms with E-state index in [1.165, 1.54) is 17.8 Å². The predicted molar refractivity (Wildman–Crippen MR) is 74.3 cm³/mol. The molecule has 0 saturated carbocycles. The van der Waals surface area contributed by atoms with Gasteiger partial charge in [0.2, 0.25) is 0 Å². The summed E-state index contributed by atoms with van der Waals surface area (Å²) in [6.07, 6.45) is 3.95. The fraction of sp³-hybridized carbons (Fsp3) is 0.308. The van der Waals surface area contributed by atoms with Crippen LogP contribution in [-0.4, -0.2) is 28.2 Å². The smallest absolute Gasteiger partial charge is 0.352 e. The number of allylic oxidation sites excluding steroid dienone is 1. The quantitative estimate of drug-likeness (QED) is 0.637. The van der Waals surface area contributed by atoms with Crippen LogP contribution in [0.5, 0.6) is 0 Å². The first kappa shape index (κ1) is 15.2. The number of aliphatic carboxylic acids is 1. The molecule has 0 saturated heterocycles. The Bertz CT molecular complexity index is 504. The molecule has 19 heavy (non-hydrogen) atoms. The molecule has 0 aliphatic carbocycles. The summed E-state index contributed by atoms with van der Waals surface area (Å²) >= 11 is 1.51. The summed E-state index contributed by atoms with van der Waals surface area (Å²) < 4.78 is 0. The van der Waals surface area contributed by atoms with Gasteiger partial charge >= 0.3 is 5.97 Å². The highest BCUT2D eigenvalue weighted by molar-refractivity contribution is 7.98. The fourth-order valence-electron chi connectivity index (χ4n) is 1.41. The van der Waals surface area contributed by atoms with E-state index in [1.54, 1.807) is 13.0 Å². The summed E-state index contributed by atoms with van der Waals surface area (Å²) in [5.41, 5.74) is 0.873. The summed E-state index contributed by atoms with van der Waals surface area (Å²) in [6, 6.07) is 3.56. The van der Waals surface area contributed by atoms with E-state index in [-0.39, 0.29) is 11.4 Å². The molecule has 1 rings (SSSR count). The Labute approximate surface area is 116 Å². The molecule has 0 spiro atoms. The fourth-order valence-corrected chi connectivity index (χ4v) is 1.89. The Kier molecular flexibility index (Phi) is 5.57. The van der Waals surface area contributed by atoms with Crippen molar-refractivity contribution in [2.75, 3.05) is 6.26 Å². The van der Waals surface area contributed by atoms with E-state index < -0.39 is 11.9 Å². The number of carbonyl (C=O) groups excluding carboxylic acids is 1. The lowest BCUT2D eigenvalue weighted by molar-refractivity contribution is -0.133. The lowest BCUT2D eigenvalue weighted by atomic mass is 10.2. The second-order valence-corrected chi connectivity index (χ2v) is 4.58. The number of carboxylic acids is 1. The lowest BCUT2D eigenvalue weighted by Crippen LogP contribution is -2.28. The standard InChI is InChI=1S/C13H16N2O3S/c1-4-8-6-9(19-3)7-11(14-8)12(16)15-10(5-2)13(17)18/h5-7H,4H2,1-3H3,(H,15,16)(H,17,18)/b10-5+. The van der Waals surface area contributed by atoms with Crippen molar-refractivity contribution in [3.05, 3.63) is 35.3 Å². The highest BCUT2D eigenvalue weighted by Crippen LogP contribution is 2.17. The second kappa shape index (κ2) is 6.94. The minimum absolute atomic E-state index is 0.153. The normalized spacial score (nSPS) is 11.2. The molecule has 102 valence electrons. The number of rotatable bonds is 5. The molecule has 0 bridgehead atoms. The summed E-state index contributed by atoms with van der Waals surface area (Å²) in [4.78, 5) is 27.9. The number of hydrogen-bond acceptors (Lipinski definition) is 4. The number of carboxylic acid groups (broad SMARTS) is 1. The van der Waals surface area contributed by atoms with E-state index in [1.807, 2.05) is 19.2 Å². The zero-order valence-corrected chi connectivity index (χ0v) is 11.9. The number of aromatic nitrogens is 1. The van der Waals surface area contributed by atoms with E-state index in [0.29, 0.717) is 6.42 Å². The van der Waals surface area contributed by atoms with Crippen molar-refractivity contribution in [2.45, 2.75) is 25.2 Å². The molecule has 1 aromatic heterocycles. The predicted octanol–water partition coefficient (Wildman–Crippen LogP) is 2.08. The number of nitrogens with one attached hydrogen (secondary N) is 1. The molecule has 5 nitrogen and oxygen atoms in total. The van der Waals surface area contributed by atoms with E-state index in [4.69, 9.17) is 5.11 Å². The van der Waals surface area contributed by atoms with E-state index in [0.717, 1.165) is 10.6 Å². The zero-order chi connectivity index (χ0) is 14.4. The maximum atomic E-state index is 12.0. The average molecular weight is 280 g/mol. The largest absolute Gasteiger partial charge is 0.477 e. The average Bonchev–Trinajstić information content (AvgIpc) is 2.43. The maximum Gasteiger partial charge on any atom is 0.352 e. The van der Waals surface area contributed by atoms with Crippen molar-refractivity contribution >= 4 is 23.6 Å². The van der Waals surface area contributed by atoms with Crippen molar-refractivity contribution in [3.8, 4) is 0 Å². The van der Waals surface area contributed by atoms with Gasteiger partial charge in [-0.1, -0.05) is 13.0 Å². The van der Waals surface area contributed by atoms with Gasteiger partial charge in [0.25, 0.3) is 5.91 Å². The molecule has 0 aliphatic heterocycles. The summed E-state index contributed by atoms with van der Waals surface area (Å²) in [6.45, 7) is 3.50. The molecule has 0 radical (unpaired) electrons. The zero-order valence-electron chi connectivity index (χ0n) is 11.1. The molecule has 6 heteroatoms. The number of nitrogens with zero attached hydrogens (tertiary/aromatic N) is 1. The molecular formula is C13H16N2O3S. The SMILES string of the molecule is C/C=C(/NC(=O)c1cc(SC)cc(CC)n1)C(=O)O. The van der Waals surface area contributed by atoms with Crippen molar-refractivity contribution in [1.29, 1.82) is 0 Å². The molecule has 2 N–H and O–H groups in total. The van der Waals surface area contributed by atoms with Crippen molar-refractivity contribution in [2.24, 2.45) is 0 Å². The highest BCUT2D eigenvalue weighted by Gasteiger charge is 2.14. The van der Waals surface area contributed by atoms with Crippen molar-refractivity contribution in [1.82, 2.24) is 10.3 Å². The van der Waals surface area contributed by atoms with Gasteiger partial charge in [-0.2, -0.15) is 0 Å². The Hall–Kier alpha value is -1.82. The number of carbonyl (C=O) groups is 2. The monoisotopic (exact) mass is 280 g/mol. The number of thioether (sulfide) groups is 1. The van der Waals surface area contributed by atoms with Gasteiger partial charge in [0.15, 0.2) is 0 Å². The van der Waals surface area contributed by atoms with Crippen molar-refractivity contribution < 1.29 is 14.7 Å². The van der Waals surface area contributed by atoms with Gasteiger partial charge in [-0.05, 0) is 31.7 Å². The minimum atomic E-state index is -1.17. The van der Waals surface area contributed by atoms with E-state index >= 15 is 0 Å². The van der Waals surface area contributed by atoms with Gasteiger partial charge in [-0.25, -0.2) is 9.78 Å². The minimum Gasteiger partial charge on any atom is -0.477 e. The summed E-state index contributed by atoms with van der Waals surface area (Å²) in [5, 5.41) is 11.2. The Morgan fingerprint density at radius 2 is 2.16 bits per heavy atom. The second-order valence-electron chi connectivity index (χ2n) is 3.70. The van der Waals surface area contributed by atoms with Crippen LogP contribution in [0.15, 0.2) is 28.8 Å². The van der Waals surface area contributed by atoms with Gasteiger partial charge in [0, 0.05) is 10.6 Å². The van der Waals surface area contributed by atoms with Crippen LogP contribution in [0.2, 0.25) is 0 Å². The van der Waals surface area contributed by atoms with Crippen LogP contribution in [0.4, 0.5) is 0 Å². The van der Waals surface area contributed by atoms with Crippen LogP contribution in [0.25, 0.3) is 0 Å². The van der Waals surface area contributed by atoms with Crippen molar-refractivity contribution in [3.63, 3.8) is 0 Å². The molecule has 0 atom stereocenters. The number of hydrogen-bond donors (Lipinski definition) is 2. The molecule has 0 fully saturated rings. The molecule has 1 amide bonds. The van der Waals surface area contributed by atoms with Gasteiger partial charge in [0.1, 0.15) is 11.4 Å². The first-order valence-corrected chi connectivity index (χ1v) is 7.00. The lowest BCUT2D eigenvalue weighted by Gasteiger charge is -2.08. The third kappa shape index (κ3) is 4.10. The van der Waals surface area contributed by atoms with Gasteiger partial charge in [-0.15, -0.1) is 11.8 Å². The van der Waals surface area contributed by atoms with Crippen LogP contribution >= 0.6 is 11.8 Å². The van der Waals surface area contributed by atoms with Crippen LogP contribution in [0.1, 0.15) is 30.0 Å². The summed E-state index contributed by atoms with van der Waals surface area (Å²) in [7, 11) is 0. The van der Waals surface area contributed by atoms with Crippen LogP contribution < -0.4 is 5.32 Å². The molecule has 0 aromatic carbocycles. The molecule has 0 aliphatic rings. The third-order valence-corrected chi connectivity index (χ3v) is 3.16. The summed E-state index contributed by atoms with van der Waals surface area (Å²) in [5.74, 6) is -1.69. The Balaban J connectivity index is 3.02. The molecule has 1 aromatic rings. The highest BCUT2D eigenvalue weighted by atomic mass is 32.2. The number of pyridine rings is 1. The Morgan fingerprint density at radius 3 is 2.63 bits per heavy atom. The first-order chi connectivity index (χ1) is 9.01. The molecular weight excluding hydrogens is 264 g/mol. The van der Waals surface area contributed by atoms with Gasteiger partial charge in [0.05, 0.1) is 0 Å². The van der Waals surface area contributed by atoms with E-state index in [9.17, 15) is 9.59 Å². The van der Waals surface area contributed by atoms with E-state index in [2.05, 4.69) is 10.3 Å². The third-order valence-electron chi connectivity index (χ3n) is 2.45. The maximum absolute atomic E-state index is 12.0. The van der Waals surface area contributed by atoms with Crippen LogP contribution in [-0.2, 0) is 11.2 Å². The van der Waals surface area contributed by atoms with Crippen LogP contribution in [0, 0.1) is 0 Å². The van der Waals surface area contributed by atoms with Gasteiger partial charge in [-0.3, -0.25) is 4.79 Å². The number of aryl methyl sites for hydroxylation is 1. The Morgan fingerprint density at radius 1 is 1.47 bits per heavy atom. The molecule has 1 heterocycles. The van der Waals surface area contributed by atoms with Crippen LogP contribution in [0.3, 0.4) is 0 Å².